The van der Waals surface area contributed by atoms with Crippen LogP contribution in [0.2, 0.25) is 0 Å². The lowest BCUT2D eigenvalue weighted by Gasteiger charge is -2.38. The average Bonchev–Trinajstić information content (AvgIpc) is 2.72. The van der Waals surface area contributed by atoms with Crippen molar-refractivity contribution in [3.8, 4) is 28.6 Å². The van der Waals surface area contributed by atoms with E-state index >= 15 is 0 Å². The summed E-state index contributed by atoms with van der Waals surface area (Å²) in [6.45, 7) is 1.48. The first-order valence-corrected chi connectivity index (χ1v) is 9.22. The number of fused-ring (bicyclic) bond motifs is 1. The first-order valence-electron chi connectivity index (χ1n) is 9.22. The molecule has 5 atom stereocenters. The standard InChI is InChI=1S/C21H20O9/c1-9-15(24)17(26)18(27)21(28-9)30-20-16(25)14-12(23)7-11(22)8-13(14)29-19(20)10-5-3-2-4-6-10/h2-9,15,17-18,21-24,26-27H,1H3. The summed E-state index contributed by atoms with van der Waals surface area (Å²) in [4.78, 5) is 13.2. The Morgan fingerprint density at radius 1 is 0.967 bits per heavy atom. The summed E-state index contributed by atoms with van der Waals surface area (Å²) in [6.07, 6.45) is -6.92. The fourth-order valence-electron chi connectivity index (χ4n) is 3.38. The summed E-state index contributed by atoms with van der Waals surface area (Å²) in [5, 5.41) is 49.9. The van der Waals surface area contributed by atoms with Gasteiger partial charge in [-0.3, -0.25) is 4.79 Å². The van der Waals surface area contributed by atoms with Gasteiger partial charge in [-0.15, -0.1) is 0 Å². The summed E-state index contributed by atoms with van der Waals surface area (Å²) in [6, 6.07) is 10.6. The highest BCUT2D eigenvalue weighted by molar-refractivity contribution is 5.88. The summed E-state index contributed by atoms with van der Waals surface area (Å²) in [5.41, 5.74) is -0.387. The molecule has 1 saturated heterocycles. The van der Waals surface area contributed by atoms with Crippen molar-refractivity contribution in [1.82, 2.24) is 0 Å². The van der Waals surface area contributed by atoms with Crippen LogP contribution >= 0.6 is 0 Å². The van der Waals surface area contributed by atoms with E-state index in [1.807, 2.05) is 0 Å². The minimum atomic E-state index is -1.65. The number of aliphatic hydroxyl groups excluding tert-OH is 3. The molecule has 2 heterocycles. The molecule has 0 radical (unpaired) electrons. The van der Waals surface area contributed by atoms with Gasteiger partial charge in [-0.05, 0) is 6.92 Å². The molecule has 158 valence electrons. The molecule has 0 amide bonds. The second-order valence-corrected chi connectivity index (χ2v) is 7.09. The van der Waals surface area contributed by atoms with Crippen LogP contribution in [0.15, 0.2) is 51.7 Å². The van der Waals surface area contributed by atoms with E-state index in [1.165, 1.54) is 13.0 Å². The Kier molecular flexibility index (Phi) is 5.12. The van der Waals surface area contributed by atoms with Crippen molar-refractivity contribution >= 4 is 11.0 Å². The van der Waals surface area contributed by atoms with Crippen molar-refractivity contribution < 1.29 is 39.4 Å². The van der Waals surface area contributed by atoms with Crippen LogP contribution in [-0.2, 0) is 4.74 Å². The van der Waals surface area contributed by atoms with Crippen molar-refractivity contribution in [1.29, 1.82) is 0 Å². The highest BCUT2D eigenvalue weighted by Crippen LogP contribution is 2.36. The highest BCUT2D eigenvalue weighted by atomic mass is 16.7. The predicted molar refractivity (Wildman–Crippen MR) is 104 cm³/mol. The third-order valence-corrected chi connectivity index (χ3v) is 5.00. The molecule has 9 nitrogen and oxygen atoms in total. The Morgan fingerprint density at radius 3 is 2.37 bits per heavy atom. The van der Waals surface area contributed by atoms with Crippen LogP contribution in [0.5, 0.6) is 17.2 Å². The van der Waals surface area contributed by atoms with Gasteiger partial charge >= 0.3 is 0 Å². The Hall–Kier alpha value is -3.11. The van der Waals surface area contributed by atoms with Gasteiger partial charge in [0.2, 0.25) is 17.5 Å². The molecule has 0 spiro atoms. The van der Waals surface area contributed by atoms with Crippen LogP contribution in [0.4, 0.5) is 0 Å². The Morgan fingerprint density at radius 2 is 1.67 bits per heavy atom. The van der Waals surface area contributed by atoms with Crippen LogP contribution in [0.3, 0.4) is 0 Å². The molecule has 1 fully saturated rings. The van der Waals surface area contributed by atoms with Gasteiger partial charge in [0.1, 0.15) is 40.8 Å². The molecule has 30 heavy (non-hydrogen) atoms. The van der Waals surface area contributed by atoms with Crippen molar-refractivity contribution in [2.24, 2.45) is 0 Å². The van der Waals surface area contributed by atoms with E-state index in [4.69, 9.17) is 13.9 Å². The molecule has 1 aliphatic heterocycles. The number of ether oxygens (including phenoxy) is 2. The largest absolute Gasteiger partial charge is 0.508 e. The van der Waals surface area contributed by atoms with E-state index in [-0.39, 0.29) is 28.2 Å². The van der Waals surface area contributed by atoms with Gasteiger partial charge in [-0.2, -0.15) is 0 Å². The van der Waals surface area contributed by atoms with Crippen molar-refractivity contribution in [3.63, 3.8) is 0 Å². The van der Waals surface area contributed by atoms with E-state index in [0.29, 0.717) is 5.56 Å². The Bertz CT molecular complexity index is 1120. The van der Waals surface area contributed by atoms with Crippen molar-refractivity contribution in [2.75, 3.05) is 0 Å². The van der Waals surface area contributed by atoms with Crippen LogP contribution in [0.25, 0.3) is 22.3 Å². The number of benzene rings is 2. The fraction of sp³-hybridized carbons (Fsp3) is 0.286. The first-order chi connectivity index (χ1) is 14.3. The second-order valence-electron chi connectivity index (χ2n) is 7.09. The van der Waals surface area contributed by atoms with Crippen LogP contribution < -0.4 is 10.2 Å². The zero-order valence-electron chi connectivity index (χ0n) is 15.8. The summed E-state index contributed by atoms with van der Waals surface area (Å²) >= 11 is 0. The summed E-state index contributed by atoms with van der Waals surface area (Å²) in [5.74, 6) is -1.21. The number of aromatic hydroxyl groups is 2. The van der Waals surface area contributed by atoms with Crippen LogP contribution in [0, 0.1) is 0 Å². The second kappa shape index (κ2) is 7.62. The number of hydrogen-bond acceptors (Lipinski definition) is 9. The van der Waals surface area contributed by atoms with Gasteiger partial charge < -0.3 is 39.4 Å². The van der Waals surface area contributed by atoms with E-state index in [0.717, 1.165) is 6.07 Å². The molecule has 3 aromatic rings. The summed E-state index contributed by atoms with van der Waals surface area (Å²) in [7, 11) is 0. The Balaban J connectivity index is 1.89. The Labute approximate surface area is 170 Å². The van der Waals surface area contributed by atoms with Crippen molar-refractivity contribution in [2.45, 2.75) is 37.6 Å². The minimum Gasteiger partial charge on any atom is -0.508 e. The molecule has 0 saturated carbocycles. The maximum Gasteiger partial charge on any atom is 0.239 e. The molecule has 9 heteroatoms. The van der Waals surface area contributed by atoms with Crippen LogP contribution in [0.1, 0.15) is 6.92 Å². The normalized spacial score (nSPS) is 26.6. The SMILES string of the molecule is CC1OC(Oc2c(-c3ccccc3)oc3cc(O)cc(O)c3c2=O)C(O)C(O)C1O. The molecule has 5 unspecified atom stereocenters. The zero-order chi connectivity index (χ0) is 21.6. The zero-order valence-corrected chi connectivity index (χ0v) is 15.8. The number of phenolic OH excluding ortho intramolecular Hbond substituents is 2. The van der Waals surface area contributed by atoms with E-state index in [1.54, 1.807) is 30.3 Å². The van der Waals surface area contributed by atoms with Gasteiger partial charge in [0, 0.05) is 17.7 Å². The van der Waals surface area contributed by atoms with Gasteiger partial charge in [0.15, 0.2) is 5.76 Å². The molecule has 4 rings (SSSR count). The first kappa shape index (κ1) is 20.2. The van der Waals surface area contributed by atoms with E-state index < -0.39 is 41.9 Å². The maximum atomic E-state index is 13.2. The monoisotopic (exact) mass is 416 g/mol. The molecule has 5 N–H and O–H groups in total. The smallest absolute Gasteiger partial charge is 0.239 e. The van der Waals surface area contributed by atoms with Gasteiger partial charge in [0.25, 0.3) is 0 Å². The molecule has 1 aliphatic rings. The van der Waals surface area contributed by atoms with Gasteiger partial charge in [-0.1, -0.05) is 30.3 Å². The number of phenols is 2. The molecule has 2 aromatic carbocycles. The lowest BCUT2D eigenvalue weighted by atomic mass is 10.00. The number of aliphatic hydroxyl groups is 3. The van der Waals surface area contributed by atoms with Gasteiger partial charge in [0.05, 0.1) is 6.10 Å². The molecule has 1 aromatic heterocycles. The third-order valence-electron chi connectivity index (χ3n) is 5.00. The maximum absolute atomic E-state index is 13.2. The van der Waals surface area contributed by atoms with Gasteiger partial charge in [-0.25, -0.2) is 0 Å². The minimum absolute atomic E-state index is 0.0258. The quantitative estimate of drug-likeness (QED) is 0.423. The molecular weight excluding hydrogens is 396 g/mol. The average molecular weight is 416 g/mol. The molecule has 0 bridgehead atoms. The van der Waals surface area contributed by atoms with Crippen molar-refractivity contribution in [3.05, 3.63) is 52.7 Å². The molecular formula is C21H20O9. The third kappa shape index (κ3) is 3.37. The number of hydrogen-bond donors (Lipinski definition) is 5. The van der Waals surface area contributed by atoms with E-state index in [2.05, 4.69) is 0 Å². The lowest BCUT2D eigenvalue weighted by molar-refractivity contribution is -0.268. The fourth-order valence-corrected chi connectivity index (χ4v) is 3.38. The molecule has 0 aliphatic carbocycles. The van der Waals surface area contributed by atoms with Crippen LogP contribution in [-0.4, -0.2) is 56.2 Å². The number of rotatable bonds is 3. The predicted octanol–water partition coefficient (Wildman–Crippen LogP) is 1.08. The van der Waals surface area contributed by atoms with E-state index in [9.17, 15) is 30.3 Å². The topological polar surface area (TPSA) is 150 Å². The lowest BCUT2D eigenvalue weighted by Crippen LogP contribution is -2.58. The summed E-state index contributed by atoms with van der Waals surface area (Å²) < 4.78 is 16.8. The highest BCUT2D eigenvalue weighted by Gasteiger charge is 2.44.